The van der Waals surface area contributed by atoms with Gasteiger partial charge >= 0.3 is 0 Å². The second kappa shape index (κ2) is 7.98. The van der Waals surface area contributed by atoms with Crippen molar-refractivity contribution in [3.8, 4) is 0 Å². The van der Waals surface area contributed by atoms with E-state index in [1.165, 1.54) is 6.92 Å². The van der Waals surface area contributed by atoms with Crippen LogP contribution in [0.15, 0.2) is 60.9 Å². The second-order valence-electron chi connectivity index (χ2n) is 5.60. The Bertz CT molecular complexity index is 911. The van der Waals surface area contributed by atoms with Gasteiger partial charge < -0.3 is 10.6 Å². The van der Waals surface area contributed by atoms with Crippen LogP contribution in [0.3, 0.4) is 0 Å². The number of carbonyl (C=O) groups is 2. The van der Waals surface area contributed by atoms with Gasteiger partial charge in [-0.2, -0.15) is 0 Å². The molecule has 0 saturated heterocycles. The summed E-state index contributed by atoms with van der Waals surface area (Å²) >= 11 is 0. The lowest BCUT2D eigenvalue weighted by Crippen LogP contribution is -2.24. The molecule has 26 heavy (non-hydrogen) atoms. The number of hydrogen-bond acceptors (Lipinski definition) is 6. The fraction of sp³-hybridized carbons (Fsp3) is 0.105. The number of aromatic nitrogens is 3. The molecule has 0 aliphatic heterocycles. The predicted octanol–water partition coefficient (Wildman–Crippen LogP) is 2.75. The minimum absolute atomic E-state index is 0.0130. The highest BCUT2D eigenvalue weighted by atomic mass is 16.2. The van der Waals surface area contributed by atoms with Gasteiger partial charge in [0.05, 0.1) is 0 Å². The summed E-state index contributed by atoms with van der Waals surface area (Å²) in [5.74, 6) is 0.164. The van der Waals surface area contributed by atoms with Crippen LogP contribution in [0.5, 0.6) is 0 Å². The number of benzene rings is 1. The molecule has 3 aromatic rings. The molecule has 7 heteroatoms. The summed E-state index contributed by atoms with van der Waals surface area (Å²) in [6, 6.07) is 14.0. The van der Waals surface area contributed by atoms with Gasteiger partial charge in [-0.3, -0.25) is 14.6 Å². The summed E-state index contributed by atoms with van der Waals surface area (Å²) in [6.45, 7) is 1.90. The molecular formula is C19H17N5O2. The molecule has 130 valence electrons. The SMILES string of the molecule is CC(=O)c1cccc(Nc2ccc(C(=O)NCc3ccncc3)nn2)c1. The average Bonchev–Trinajstić information content (AvgIpc) is 2.68. The second-order valence-corrected chi connectivity index (χ2v) is 5.60. The first-order valence-corrected chi connectivity index (χ1v) is 8.01. The van der Waals surface area contributed by atoms with Gasteiger partial charge in [-0.15, -0.1) is 10.2 Å². The monoisotopic (exact) mass is 347 g/mol. The molecule has 0 aliphatic carbocycles. The van der Waals surface area contributed by atoms with E-state index in [1.807, 2.05) is 18.2 Å². The molecule has 0 saturated carbocycles. The zero-order valence-corrected chi connectivity index (χ0v) is 14.1. The van der Waals surface area contributed by atoms with Gasteiger partial charge in [-0.1, -0.05) is 12.1 Å². The molecule has 3 rings (SSSR count). The third-order valence-electron chi connectivity index (χ3n) is 3.64. The zero-order chi connectivity index (χ0) is 18.4. The van der Waals surface area contributed by atoms with Crippen LogP contribution in [0.1, 0.15) is 33.3 Å². The Morgan fingerprint density at radius 2 is 1.81 bits per heavy atom. The summed E-state index contributed by atoms with van der Waals surface area (Å²) in [5, 5.41) is 13.8. The number of hydrogen-bond donors (Lipinski definition) is 2. The van der Waals surface area contributed by atoms with E-state index in [0.29, 0.717) is 17.9 Å². The van der Waals surface area contributed by atoms with E-state index in [4.69, 9.17) is 0 Å². The summed E-state index contributed by atoms with van der Waals surface area (Å²) in [5.41, 5.74) is 2.50. The third kappa shape index (κ3) is 4.47. The normalized spacial score (nSPS) is 10.2. The van der Waals surface area contributed by atoms with E-state index in [0.717, 1.165) is 11.3 Å². The first-order valence-electron chi connectivity index (χ1n) is 8.01. The van der Waals surface area contributed by atoms with Crippen LogP contribution >= 0.6 is 0 Å². The molecule has 2 heterocycles. The van der Waals surface area contributed by atoms with Crippen molar-refractivity contribution in [1.82, 2.24) is 20.5 Å². The number of rotatable bonds is 6. The van der Waals surface area contributed by atoms with E-state index in [-0.39, 0.29) is 17.4 Å². The largest absolute Gasteiger partial charge is 0.347 e. The van der Waals surface area contributed by atoms with Crippen LogP contribution in [0.25, 0.3) is 0 Å². The number of amides is 1. The smallest absolute Gasteiger partial charge is 0.272 e. The Morgan fingerprint density at radius 1 is 1.00 bits per heavy atom. The molecule has 0 atom stereocenters. The highest BCUT2D eigenvalue weighted by molar-refractivity contribution is 5.95. The van der Waals surface area contributed by atoms with Gasteiger partial charge in [0.2, 0.25) is 0 Å². The van der Waals surface area contributed by atoms with Crippen molar-refractivity contribution in [3.05, 3.63) is 77.7 Å². The zero-order valence-electron chi connectivity index (χ0n) is 14.1. The van der Waals surface area contributed by atoms with E-state index >= 15 is 0 Å². The highest BCUT2D eigenvalue weighted by Gasteiger charge is 2.08. The number of nitrogens with zero attached hydrogens (tertiary/aromatic N) is 3. The number of carbonyl (C=O) groups excluding carboxylic acids is 2. The molecule has 2 aromatic heterocycles. The maximum absolute atomic E-state index is 12.1. The number of ketones is 1. The van der Waals surface area contributed by atoms with Crippen molar-refractivity contribution in [2.24, 2.45) is 0 Å². The molecule has 1 aromatic carbocycles. The molecule has 7 nitrogen and oxygen atoms in total. The highest BCUT2D eigenvalue weighted by Crippen LogP contribution is 2.16. The van der Waals surface area contributed by atoms with Crippen molar-refractivity contribution in [2.75, 3.05) is 5.32 Å². The van der Waals surface area contributed by atoms with E-state index in [1.54, 1.807) is 42.7 Å². The summed E-state index contributed by atoms with van der Waals surface area (Å²) in [7, 11) is 0. The standard InChI is InChI=1S/C19H17N5O2/c1-13(25)15-3-2-4-16(11-15)22-18-6-5-17(23-24-18)19(26)21-12-14-7-9-20-10-8-14/h2-11H,12H2,1H3,(H,21,26)(H,22,24). The Balaban J connectivity index is 1.62. The minimum atomic E-state index is -0.306. The van der Waals surface area contributed by atoms with Gasteiger partial charge in [0.1, 0.15) is 0 Å². The van der Waals surface area contributed by atoms with Gasteiger partial charge in [-0.05, 0) is 48.9 Å². The molecule has 0 fully saturated rings. The van der Waals surface area contributed by atoms with Crippen LogP contribution in [0, 0.1) is 0 Å². The van der Waals surface area contributed by atoms with E-state index in [2.05, 4.69) is 25.8 Å². The van der Waals surface area contributed by atoms with Crippen molar-refractivity contribution in [2.45, 2.75) is 13.5 Å². The Hall–Kier alpha value is -3.61. The Morgan fingerprint density at radius 3 is 2.50 bits per heavy atom. The minimum Gasteiger partial charge on any atom is -0.347 e. The first kappa shape index (κ1) is 17.2. The molecule has 2 N–H and O–H groups in total. The fourth-order valence-corrected chi connectivity index (χ4v) is 2.26. The maximum atomic E-state index is 12.1. The lowest BCUT2D eigenvalue weighted by molar-refractivity contribution is 0.0944. The topological polar surface area (TPSA) is 96.9 Å². The molecule has 1 amide bonds. The first-order chi connectivity index (χ1) is 12.6. The van der Waals surface area contributed by atoms with Gasteiger partial charge in [0.25, 0.3) is 5.91 Å². The number of nitrogens with one attached hydrogen (secondary N) is 2. The molecule has 0 aliphatic rings. The lowest BCUT2D eigenvalue weighted by atomic mass is 10.1. The van der Waals surface area contributed by atoms with Crippen LogP contribution in [-0.4, -0.2) is 26.9 Å². The quantitative estimate of drug-likeness (QED) is 0.666. The molecule has 0 spiro atoms. The molecular weight excluding hydrogens is 330 g/mol. The summed E-state index contributed by atoms with van der Waals surface area (Å²) in [4.78, 5) is 27.5. The van der Waals surface area contributed by atoms with Crippen LogP contribution in [0.4, 0.5) is 11.5 Å². The number of anilines is 2. The molecule has 0 unspecified atom stereocenters. The van der Waals surface area contributed by atoms with Crippen LogP contribution in [-0.2, 0) is 6.54 Å². The van der Waals surface area contributed by atoms with E-state index < -0.39 is 0 Å². The predicted molar refractivity (Wildman–Crippen MR) is 97.2 cm³/mol. The molecule has 0 bridgehead atoms. The summed E-state index contributed by atoms with van der Waals surface area (Å²) in [6.07, 6.45) is 3.34. The number of pyridine rings is 1. The lowest BCUT2D eigenvalue weighted by Gasteiger charge is -2.07. The maximum Gasteiger partial charge on any atom is 0.272 e. The average molecular weight is 347 g/mol. The van der Waals surface area contributed by atoms with Crippen molar-refractivity contribution in [3.63, 3.8) is 0 Å². The molecule has 0 radical (unpaired) electrons. The Kier molecular flexibility index (Phi) is 5.28. The van der Waals surface area contributed by atoms with Gasteiger partial charge in [-0.25, -0.2) is 0 Å². The van der Waals surface area contributed by atoms with Crippen LogP contribution < -0.4 is 10.6 Å². The Labute approximate surface area is 150 Å². The summed E-state index contributed by atoms with van der Waals surface area (Å²) < 4.78 is 0. The van der Waals surface area contributed by atoms with Gasteiger partial charge in [0.15, 0.2) is 17.3 Å². The van der Waals surface area contributed by atoms with Crippen molar-refractivity contribution >= 4 is 23.2 Å². The fourth-order valence-electron chi connectivity index (χ4n) is 2.26. The van der Waals surface area contributed by atoms with Crippen molar-refractivity contribution < 1.29 is 9.59 Å². The van der Waals surface area contributed by atoms with Crippen LogP contribution in [0.2, 0.25) is 0 Å². The van der Waals surface area contributed by atoms with Crippen molar-refractivity contribution in [1.29, 1.82) is 0 Å². The third-order valence-corrected chi connectivity index (χ3v) is 3.64. The van der Waals surface area contributed by atoms with E-state index in [9.17, 15) is 9.59 Å². The van der Waals surface area contributed by atoms with Gasteiger partial charge in [0, 0.05) is 30.2 Å². The number of Topliss-reactive ketones (excluding diaryl/α,β-unsaturated/α-hetero) is 1.